The number of hydrogen-bond acceptors (Lipinski definition) is 3. The first-order valence-electron chi connectivity index (χ1n) is 7.11. The molecule has 2 nitrogen and oxygen atoms in total. The summed E-state index contributed by atoms with van der Waals surface area (Å²) in [6, 6.07) is 0. The van der Waals surface area contributed by atoms with E-state index in [9.17, 15) is 4.79 Å². The van der Waals surface area contributed by atoms with Gasteiger partial charge in [-0.05, 0) is 49.4 Å². The molecule has 0 aliphatic rings. The Hall–Kier alpha value is 0.170. The molecule has 0 radical (unpaired) electrons. The van der Waals surface area contributed by atoms with Crippen molar-refractivity contribution in [3.8, 4) is 0 Å². The van der Waals surface area contributed by atoms with Gasteiger partial charge in [-0.3, -0.25) is 4.79 Å². The zero-order valence-corrected chi connectivity index (χ0v) is 13.5. The van der Waals surface area contributed by atoms with Crippen LogP contribution >= 0.6 is 23.5 Å². The van der Waals surface area contributed by atoms with Crippen molar-refractivity contribution in [2.24, 2.45) is 0 Å². The van der Waals surface area contributed by atoms with Crippen LogP contribution in [0.4, 0.5) is 0 Å². The largest absolute Gasteiger partial charge is 0.481 e. The second-order valence-corrected chi connectivity index (χ2v) is 7.17. The molecule has 0 saturated heterocycles. The lowest BCUT2D eigenvalue weighted by Crippen LogP contribution is -2.06. The Morgan fingerprint density at radius 1 is 1.06 bits per heavy atom. The first kappa shape index (κ1) is 18.2. The van der Waals surface area contributed by atoms with Gasteiger partial charge in [-0.15, -0.1) is 0 Å². The fraction of sp³-hybridized carbons (Fsp3) is 0.929. The number of unbranched alkanes of at least 4 members (excludes halogenated alkanes) is 1. The van der Waals surface area contributed by atoms with Gasteiger partial charge < -0.3 is 5.11 Å². The molecule has 0 spiro atoms. The lowest BCUT2D eigenvalue weighted by molar-refractivity contribution is -0.137. The number of rotatable bonds is 13. The number of carbonyl (C=O) groups is 1. The monoisotopic (exact) mass is 292 g/mol. The van der Waals surface area contributed by atoms with Crippen LogP contribution in [0.1, 0.15) is 58.8 Å². The van der Waals surface area contributed by atoms with Gasteiger partial charge in [-0.2, -0.15) is 23.5 Å². The summed E-state index contributed by atoms with van der Waals surface area (Å²) in [5.41, 5.74) is 0. The molecule has 18 heavy (non-hydrogen) atoms. The molecule has 108 valence electrons. The van der Waals surface area contributed by atoms with Crippen molar-refractivity contribution < 1.29 is 9.90 Å². The molecule has 4 heteroatoms. The molecule has 0 fully saturated rings. The Bertz CT molecular complexity index is 198. The summed E-state index contributed by atoms with van der Waals surface area (Å²) >= 11 is 4.13. The van der Waals surface area contributed by atoms with Gasteiger partial charge in [0.1, 0.15) is 0 Å². The molecule has 0 aromatic rings. The molecule has 0 aliphatic carbocycles. The van der Waals surface area contributed by atoms with E-state index in [0.717, 1.165) is 18.1 Å². The Balaban J connectivity index is 3.65. The van der Waals surface area contributed by atoms with Crippen molar-refractivity contribution in [2.45, 2.75) is 64.0 Å². The summed E-state index contributed by atoms with van der Waals surface area (Å²) < 4.78 is 0. The first-order valence-corrected chi connectivity index (χ1v) is 9.32. The van der Waals surface area contributed by atoms with Crippen LogP contribution < -0.4 is 0 Å². The topological polar surface area (TPSA) is 37.3 Å². The standard InChI is InChI=1S/C14H28O2S2/c1-3-10-17-12-9-13(18-11-4-2)7-5-6-8-14(15)16/h13H,3-12H2,1-2H3,(H,15,16). The molecule has 1 N–H and O–H groups in total. The van der Waals surface area contributed by atoms with Crippen LogP contribution in [0.2, 0.25) is 0 Å². The third kappa shape index (κ3) is 12.6. The third-order valence-corrected chi connectivity index (χ3v) is 5.47. The van der Waals surface area contributed by atoms with E-state index >= 15 is 0 Å². The zero-order valence-electron chi connectivity index (χ0n) is 11.8. The highest BCUT2D eigenvalue weighted by molar-refractivity contribution is 8.00. The van der Waals surface area contributed by atoms with E-state index in [4.69, 9.17) is 5.11 Å². The fourth-order valence-corrected chi connectivity index (χ4v) is 3.99. The van der Waals surface area contributed by atoms with Crippen molar-refractivity contribution >= 4 is 29.5 Å². The number of carboxylic acids is 1. The molecule has 0 heterocycles. The maximum Gasteiger partial charge on any atom is 0.303 e. The Kier molecular flexibility index (Phi) is 13.7. The highest BCUT2D eigenvalue weighted by Crippen LogP contribution is 2.23. The van der Waals surface area contributed by atoms with Crippen molar-refractivity contribution in [3.05, 3.63) is 0 Å². The first-order chi connectivity index (χ1) is 8.70. The van der Waals surface area contributed by atoms with Crippen molar-refractivity contribution in [1.29, 1.82) is 0 Å². The summed E-state index contributed by atoms with van der Waals surface area (Å²) in [4.78, 5) is 10.5. The molecule has 0 aromatic heterocycles. The molecule has 1 atom stereocenters. The molecule has 0 aromatic carbocycles. The quantitative estimate of drug-likeness (QED) is 0.500. The van der Waals surface area contributed by atoms with E-state index in [-0.39, 0.29) is 0 Å². The normalized spacial score (nSPS) is 12.6. The molecule has 0 bridgehead atoms. The zero-order chi connectivity index (χ0) is 13.6. The van der Waals surface area contributed by atoms with Crippen LogP contribution in [-0.2, 0) is 4.79 Å². The number of hydrogen-bond donors (Lipinski definition) is 1. The lowest BCUT2D eigenvalue weighted by Gasteiger charge is -2.15. The molecular weight excluding hydrogens is 264 g/mol. The van der Waals surface area contributed by atoms with Gasteiger partial charge in [0.05, 0.1) is 0 Å². The maximum atomic E-state index is 10.5. The lowest BCUT2D eigenvalue weighted by atomic mass is 10.1. The van der Waals surface area contributed by atoms with Crippen LogP contribution in [0.3, 0.4) is 0 Å². The number of aliphatic carboxylic acids is 1. The summed E-state index contributed by atoms with van der Waals surface area (Å²) in [6.45, 7) is 4.45. The van der Waals surface area contributed by atoms with Gasteiger partial charge >= 0.3 is 5.97 Å². The maximum absolute atomic E-state index is 10.5. The summed E-state index contributed by atoms with van der Waals surface area (Å²) in [7, 11) is 0. The average molecular weight is 293 g/mol. The van der Waals surface area contributed by atoms with E-state index in [2.05, 4.69) is 37.4 Å². The number of thioether (sulfide) groups is 2. The van der Waals surface area contributed by atoms with E-state index in [1.54, 1.807) is 0 Å². The highest BCUT2D eigenvalue weighted by atomic mass is 32.2. The van der Waals surface area contributed by atoms with E-state index < -0.39 is 5.97 Å². The minimum Gasteiger partial charge on any atom is -0.481 e. The molecular formula is C14H28O2S2. The molecule has 0 aliphatic heterocycles. The van der Waals surface area contributed by atoms with Crippen molar-refractivity contribution in [1.82, 2.24) is 0 Å². The van der Waals surface area contributed by atoms with E-state index in [0.29, 0.717) is 6.42 Å². The molecule has 0 amide bonds. The van der Waals surface area contributed by atoms with Crippen molar-refractivity contribution in [3.63, 3.8) is 0 Å². The second-order valence-electron chi connectivity index (χ2n) is 4.53. The van der Waals surface area contributed by atoms with Crippen LogP contribution in [0.25, 0.3) is 0 Å². The third-order valence-electron chi connectivity index (χ3n) is 2.66. The van der Waals surface area contributed by atoms with Gasteiger partial charge in [0.2, 0.25) is 0 Å². The van der Waals surface area contributed by atoms with Crippen LogP contribution in [0.15, 0.2) is 0 Å². The fourth-order valence-electron chi connectivity index (χ4n) is 1.70. The van der Waals surface area contributed by atoms with Crippen LogP contribution in [0, 0.1) is 0 Å². The van der Waals surface area contributed by atoms with Gasteiger partial charge in [0.25, 0.3) is 0 Å². The van der Waals surface area contributed by atoms with Crippen LogP contribution in [0.5, 0.6) is 0 Å². The highest BCUT2D eigenvalue weighted by Gasteiger charge is 2.09. The number of carboxylic acid groups (broad SMARTS) is 1. The molecule has 0 rings (SSSR count). The Morgan fingerprint density at radius 2 is 1.78 bits per heavy atom. The van der Waals surface area contributed by atoms with Crippen molar-refractivity contribution in [2.75, 3.05) is 17.3 Å². The minimum absolute atomic E-state index is 0.329. The van der Waals surface area contributed by atoms with Gasteiger partial charge in [-0.1, -0.05) is 20.3 Å². The predicted octanol–water partition coefficient (Wildman–Crippen LogP) is 4.68. The van der Waals surface area contributed by atoms with Crippen LogP contribution in [-0.4, -0.2) is 33.6 Å². The minimum atomic E-state index is -0.661. The average Bonchev–Trinajstić information content (AvgIpc) is 2.35. The Labute approximate surface area is 121 Å². The van der Waals surface area contributed by atoms with Gasteiger partial charge in [0, 0.05) is 11.7 Å². The molecule has 0 saturated carbocycles. The SMILES string of the molecule is CCCSCCC(CCCCC(=O)O)SCCC. The van der Waals surface area contributed by atoms with E-state index in [1.807, 2.05) is 0 Å². The summed E-state index contributed by atoms with van der Waals surface area (Å²) in [5, 5.41) is 9.35. The van der Waals surface area contributed by atoms with E-state index in [1.165, 1.54) is 42.9 Å². The predicted molar refractivity (Wildman–Crippen MR) is 84.9 cm³/mol. The van der Waals surface area contributed by atoms with Gasteiger partial charge in [0.15, 0.2) is 0 Å². The Morgan fingerprint density at radius 3 is 2.39 bits per heavy atom. The smallest absolute Gasteiger partial charge is 0.303 e. The van der Waals surface area contributed by atoms with Gasteiger partial charge in [-0.25, -0.2) is 0 Å². The molecule has 1 unspecified atom stereocenters. The summed E-state index contributed by atoms with van der Waals surface area (Å²) in [6.07, 6.45) is 7.18. The summed E-state index contributed by atoms with van der Waals surface area (Å²) in [5.74, 6) is 3.10. The second kappa shape index (κ2) is 13.6.